The average molecular weight is 338 g/mol. The molecule has 6 nitrogen and oxygen atoms in total. The van der Waals surface area contributed by atoms with E-state index in [4.69, 9.17) is 4.74 Å². The van der Waals surface area contributed by atoms with Gasteiger partial charge in [0.25, 0.3) is 0 Å². The Morgan fingerprint density at radius 2 is 2.13 bits per heavy atom. The van der Waals surface area contributed by atoms with Crippen molar-refractivity contribution >= 4 is 22.4 Å². The number of amides is 1. The lowest BCUT2D eigenvalue weighted by molar-refractivity contribution is 0.0508. The first-order valence-electron chi connectivity index (χ1n) is 7.80. The van der Waals surface area contributed by atoms with Crippen LogP contribution in [0.5, 0.6) is 0 Å². The molecule has 7 heteroatoms. The maximum Gasteiger partial charge on any atom is 0.407 e. The first kappa shape index (κ1) is 17.7. The Kier molecular flexibility index (Phi) is 5.31. The monoisotopic (exact) mass is 338 g/mol. The van der Waals surface area contributed by atoms with Gasteiger partial charge in [-0.3, -0.25) is 4.40 Å². The zero-order valence-corrected chi connectivity index (χ0v) is 15.5. The lowest BCUT2D eigenvalue weighted by atomic mass is 10.2. The molecule has 0 aliphatic heterocycles. The van der Waals surface area contributed by atoms with E-state index in [1.54, 1.807) is 11.3 Å². The molecule has 0 fully saturated rings. The van der Waals surface area contributed by atoms with Gasteiger partial charge >= 0.3 is 6.09 Å². The number of hydrogen-bond donors (Lipinski definition) is 2. The van der Waals surface area contributed by atoms with Gasteiger partial charge in [0.2, 0.25) is 0 Å². The molecule has 0 saturated carbocycles. The topological polar surface area (TPSA) is 67.7 Å². The number of ether oxygens (including phenoxy) is 1. The summed E-state index contributed by atoms with van der Waals surface area (Å²) in [5, 5.41) is 6.20. The third-order valence-corrected chi connectivity index (χ3v) is 4.15. The number of rotatable bonds is 5. The minimum atomic E-state index is -0.478. The Morgan fingerprint density at radius 1 is 1.43 bits per heavy atom. The molecule has 2 N–H and O–H groups in total. The molecule has 0 bridgehead atoms. The fourth-order valence-electron chi connectivity index (χ4n) is 2.29. The number of carbonyl (C=O) groups is 1. The van der Waals surface area contributed by atoms with Crippen LogP contribution in [0.25, 0.3) is 4.96 Å². The molecule has 2 heterocycles. The van der Waals surface area contributed by atoms with Gasteiger partial charge in [0.1, 0.15) is 5.60 Å². The maximum atomic E-state index is 11.7. The number of nitrogens with one attached hydrogen (secondary N) is 2. The van der Waals surface area contributed by atoms with Crippen LogP contribution in [-0.2, 0) is 11.3 Å². The highest BCUT2D eigenvalue weighted by molar-refractivity contribution is 7.17. The van der Waals surface area contributed by atoms with Gasteiger partial charge in [-0.15, -0.1) is 11.3 Å². The summed E-state index contributed by atoms with van der Waals surface area (Å²) in [5.41, 5.74) is 1.72. The van der Waals surface area contributed by atoms with Gasteiger partial charge in [0.15, 0.2) is 4.96 Å². The van der Waals surface area contributed by atoms with Crippen LogP contribution in [0.4, 0.5) is 4.79 Å². The molecule has 0 aliphatic rings. The Labute approximate surface area is 141 Å². The number of hydrogen-bond acceptors (Lipinski definition) is 5. The largest absolute Gasteiger partial charge is 0.444 e. The van der Waals surface area contributed by atoms with E-state index in [1.807, 2.05) is 34.6 Å². The van der Waals surface area contributed by atoms with Gasteiger partial charge in [-0.1, -0.05) is 0 Å². The number of thiazole rings is 1. The van der Waals surface area contributed by atoms with Crippen LogP contribution in [0, 0.1) is 13.8 Å². The highest BCUT2D eigenvalue weighted by Gasteiger charge is 2.17. The van der Waals surface area contributed by atoms with Crippen molar-refractivity contribution in [3.05, 3.63) is 22.5 Å². The van der Waals surface area contributed by atoms with E-state index in [0.717, 1.165) is 16.3 Å². The predicted molar refractivity (Wildman–Crippen MR) is 93.1 cm³/mol. The highest BCUT2D eigenvalue weighted by Crippen LogP contribution is 2.20. The number of aromatic nitrogens is 2. The van der Waals surface area contributed by atoms with Gasteiger partial charge < -0.3 is 15.4 Å². The SMILES string of the molecule is Cc1cn2c(CNCC(C)NC(=O)OC(C)(C)C)c(C)nc2s1. The molecule has 128 valence electrons. The van der Waals surface area contributed by atoms with Crippen LogP contribution in [0.3, 0.4) is 0 Å². The molecule has 0 aromatic carbocycles. The second-order valence-electron chi connectivity index (χ2n) is 6.82. The minimum absolute atomic E-state index is 0.0159. The summed E-state index contributed by atoms with van der Waals surface area (Å²) in [6.07, 6.45) is 1.72. The number of alkyl carbamates (subject to hydrolysis) is 1. The molecular weight excluding hydrogens is 312 g/mol. The number of carbonyl (C=O) groups excluding carboxylic acids is 1. The number of fused-ring (bicyclic) bond motifs is 1. The van der Waals surface area contributed by atoms with Crippen molar-refractivity contribution in [1.82, 2.24) is 20.0 Å². The first-order valence-corrected chi connectivity index (χ1v) is 8.61. The standard InChI is InChI=1S/C16H26N4O2S/c1-10(18-15(21)22-16(4,5)6)7-17-8-13-12(3)19-14-20(13)9-11(2)23-14/h9-10,17H,7-8H2,1-6H3,(H,18,21). The normalized spacial score (nSPS) is 13.3. The van der Waals surface area contributed by atoms with Gasteiger partial charge in [-0.25, -0.2) is 9.78 Å². The summed E-state index contributed by atoms with van der Waals surface area (Å²) in [5.74, 6) is 0. The molecule has 1 atom stereocenters. The lowest BCUT2D eigenvalue weighted by Gasteiger charge is -2.22. The number of imidazole rings is 1. The van der Waals surface area contributed by atoms with Crippen molar-refractivity contribution in [2.45, 2.75) is 59.7 Å². The van der Waals surface area contributed by atoms with E-state index in [-0.39, 0.29) is 12.1 Å². The molecule has 0 saturated heterocycles. The van der Waals surface area contributed by atoms with Crippen LogP contribution < -0.4 is 10.6 Å². The van der Waals surface area contributed by atoms with Crippen molar-refractivity contribution in [2.24, 2.45) is 0 Å². The third-order valence-electron chi connectivity index (χ3n) is 3.25. The quantitative estimate of drug-likeness (QED) is 0.879. The summed E-state index contributed by atoms with van der Waals surface area (Å²) in [4.78, 5) is 18.6. The van der Waals surface area contributed by atoms with Crippen molar-refractivity contribution in [2.75, 3.05) is 6.54 Å². The van der Waals surface area contributed by atoms with Crippen molar-refractivity contribution < 1.29 is 9.53 Å². The lowest BCUT2D eigenvalue weighted by Crippen LogP contribution is -2.42. The second kappa shape index (κ2) is 6.88. The Morgan fingerprint density at radius 3 is 2.78 bits per heavy atom. The van der Waals surface area contributed by atoms with Crippen LogP contribution in [0.1, 0.15) is 44.0 Å². The zero-order valence-electron chi connectivity index (χ0n) is 14.7. The smallest absolute Gasteiger partial charge is 0.407 e. The van der Waals surface area contributed by atoms with Gasteiger partial charge in [-0.05, 0) is 41.5 Å². The Hall–Kier alpha value is -1.60. The van der Waals surface area contributed by atoms with Gasteiger partial charge in [0.05, 0.1) is 11.4 Å². The van der Waals surface area contributed by atoms with E-state index in [0.29, 0.717) is 13.1 Å². The van der Waals surface area contributed by atoms with E-state index in [1.165, 1.54) is 4.88 Å². The molecule has 0 aliphatic carbocycles. The molecule has 2 rings (SSSR count). The fraction of sp³-hybridized carbons (Fsp3) is 0.625. The van der Waals surface area contributed by atoms with E-state index in [2.05, 4.69) is 33.1 Å². The fourth-order valence-corrected chi connectivity index (χ4v) is 3.18. The molecule has 2 aromatic heterocycles. The van der Waals surface area contributed by atoms with Crippen LogP contribution in [0.2, 0.25) is 0 Å². The van der Waals surface area contributed by atoms with Crippen molar-refractivity contribution in [3.8, 4) is 0 Å². The predicted octanol–water partition coefficient (Wildman–Crippen LogP) is 3.02. The van der Waals surface area contributed by atoms with Crippen molar-refractivity contribution in [3.63, 3.8) is 0 Å². The van der Waals surface area contributed by atoms with E-state index >= 15 is 0 Å². The molecule has 1 amide bonds. The van der Waals surface area contributed by atoms with E-state index < -0.39 is 5.60 Å². The van der Waals surface area contributed by atoms with Crippen LogP contribution >= 0.6 is 11.3 Å². The van der Waals surface area contributed by atoms with Crippen LogP contribution in [0.15, 0.2) is 6.20 Å². The molecular formula is C16H26N4O2S. The van der Waals surface area contributed by atoms with E-state index in [9.17, 15) is 4.79 Å². The zero-order chi connectivity index (χ0) is 17.2. The molecule has 2 aromatic rings. The molecule has 23 heavy (non-hydrogen) atoms. The van der Waals surface area contributed by atoms with Crippen LogP contribution in [-0.4, -0.2) is 33.7 Å². The summed E-state index contributed by atoms with van der Waals surface area (Å²) >= 11 is 1.69. The Balaban J connectivity index is 1.84. The average Bonchev–Trinajstić information content (AvgIpc) is 2.84. The second-order valence-corrected chi connectivity index (χ2v) is 8.03. The first-order chi connectivity index (χ1) is 10.7. The van der Waals surface area contributed by atoms with Gasteiger partial charge in [0, 0.05) is 30.2 Å². The molecule has 0 radical (unpaired) electrons. The highest BCUT2D eigenvalue weighted by atomic mass is 32.1. The maximum absolute atomic E-state index is 11.7. The van der Waals surface area contributed by atoms with Gasteiger partial charge in [-0.2, -0.15) is 0 Å². The third kappa shape index (κ3) is 4.94. The summed E-state index contributed by atoms with van der Waals surface area (Å²) < 4.78 is 7.38. The molecule has 0 spiro atoms. The molecule has 1 unspecified atom stereocenters. The summed E-state index contributed by atoms with van der Waals surface area (Å²) in [6.45, 7) is 13.0. The Bertz CT molecular complexity index is 684. The summed E-state index contributed by atoms with van der Waals surface area (Å²) in [6, 6.07) is -0.0159. The number of nitrogens with zero attached hydrogens (tertiary/aromatic N) is 2. The number of aryl methyl sites for hydroxylation is 2. The summed E-state index contributed by atoms with van der Waals surface area (Å²) in [7, 11) is 0. The van der Waals surface area contributed by atoms with Crippen molar-refractivity contribution in [1.29, 1.82) is 0 Å². The minimum Gasteiger partial charge on any atom is -0.444 e.